The molecule has 0 radical (unpaired) electrons. The maximum atomic E-state index is 11.4. The van der Waals surface area contributed by atoms with Gasteiger partial charge < -0.3 is 20.8 Å². The third-order valence-electron chi connectivity index (χ3n) is 3.74. The summed E-state index contributed by atoms with van der Waals surface area (Å²) in [6.45, 7) is 3.11. The van der Waals surface area contributed by atoms with Crippen molar-refractivity contribution in [3.05, 3.63) is 18.2 Å². The molecule has 0 bridgehead atoms. The third kappa shape index (κ3) is 1.89. The fraction of sp³-hybridized carbons (Fsp3) is 0.385. The molecule has 19 heavy (non-hydrogen) atoms. The Hall–Kier alpha value is -2.24. The van der Waals surface area contributed by atoms with Crippen molar-refractivity contribution in [1.29, 1.82) is 0 Å². The van der Waals surface area contributed by atoms with E-state index in [1.807, 2.05) is 11.8 Å². The fourth-order valence-electron chi connectivity index (χ4n) is 2.39. The minimum absolute atomic E-state index is 0.282. The number of primary amides is 1. The number of nitrogen functional groups attached to an aromatic ring is 1. The van der Waals surface area contributed by atoms with Gasteiger partial charge >= 0.3 is 0 Å². The van der Waals surface area contributed by atoms with E-state index in [0.717, 1.165) is 5.52 Å². The van der Waals surface area contributed by atoms with Gasteiger partial charge in [-0.05, 0) is 31.5 Å². The number of carbonyl (C=O) groups is 1. The number of hydrogen-bond donors (Lipinski definition) is 2. The highest BCUT2D eigenvalue weighted by Crippen LogP contribution is 2.34. The maximum absolute atomic E-state index is 11.4. The van der Waals surface area contributed by atoms with E-state index in [4.69, 9.17) is 15.9 Å². The predicted molar refractivity (Wildman–Crippen MR) is 72.6 cm³/mol. The first-order valence-corrected chi connectivity index (χ1v) is 6.19. The average molecular weight is 260 g/mol. The van der Waals surface area contributed by atoms with Gasteiger partial charge in [-0.1, -0.05) is 0 Å². The quantitative estimate of drug-likeness (QED) is 0.788. The highest BCUT2D eigenvalue weighted by atomic mass is 16.4. The second-order valence-electron chi connectivity index (χ2n) is 5.32. The Kier molecular flexibility index (Phi) is 2.41. The molecule has 6 nitrogen and oxygen atoms in total. The lowest BCUT2D eigenvalue weighted by atomic mass is 9.89. The number of nitrogens with zero attached hydrogens (tertiary/aromatic N) is 2. The summed E-state index contributed by atoms with van der Waals surface area (Å²) < 4.78 is 5.69. The van der Waals surface area contributed by atoms with Crippen molar-refractivity contribution in [2.45, 2.75) is 13.3 Å². The average Bonchev–Trinajstić information content (AvgIpc) is 2.93. The van der Waals surface area contributed by atoms with Crippen molar-refractivity contribution in [2.24, 2.45) is 11.1 Å². The Labute approximate surface area is 110 Å². The summed E-state index contributed by atoms with van der Waals surface area (Å²) >= 11 is 0. The highest BCUT2D eigenvalue weighted by molar-refractivity contribution is 5.82. The standard InChI is InChI=1S/C13H16N4O2/c1-13(11(15)18)4-5-17(7-13)12-16-9-6-8(14)2-3-10(9)19-12/h2-3,6H,4-5,7,14H2,1H3,(H2,15,18). The normalized spacial score (nSPS) is 23.1. The molecule has 3 rings (SSSR count). The van der Waals surface area contributed by atoms with Crippen LogP contribution < -0.4 is 16.4 Å². The maximum Gasteiger partial charge on any atom is 0.298 e. The number of fused-ring (bicyclic) bond motifs is 1. The number of hydrogen-bond acceptors (Lipinski definition) is 5. The number of aromatic nitrogens is 1. The first-order chi connectivity index (χ1) is 8.98. The van der Waals surface area contributed by atoms with Crippen LogP contribution in [0.25, 0.3) is 11.1 Å². The molecule has 100 valence electrons. The minimum atomic E-state index is -0.514. The third-order valence-corrected chi connectivity index (χ3v) is 3.74. The van der Waals surface area contributed by atoms with Crippen LogP contribution in [-0.2, 0) is 4.79 Å². The van der Waals surface area contributed by atoms with Crippen LogP contribution in [0.3, 0.4) is 0 Å². The van der Waals surface area contributed by atoms with Crippen LogP contribution in [0, 0.1) is 5.41 Å². The lowest BCUT2D eigenvalue weighted by molar-refractivity contribution is -0.125. The Morgan fingerprint density at radius 3 is 3.00 bits per heavy atom. The first kappa shape index (κ1) is 11.8. The van der Waals surface area contributed by atoms with Crippen molar-refractivity contribution in [1.82, 2.24) is 4.98 Å². The van der Waals surface area contributed by atoms with E-state index in [9.17, 15) is 4.79 Å². The SMILES string of the molecule is CC1(C(N)=O)CCN(c2nc3cc(N)ccc3o2)C1. The lowest BCUT2D eigenvalue weighted by Gasteiger charge is -2.19. The summed E-state index contributed by atoms with van der Waals surface area (Å²) in [5.41, 5.74) is 12.7. The minimum Gasteiger partial charge on any atom is -0.423 e. The van der Waals surface area contributed by atoms with E-state index < -0.39 is 5.41 Å². The molecule has 1 amide bonds. The molecule has 1 fully saturated rings. The topological polar surface area (TPSA) is 98.4 Å². The number of rotatable bonds is 2. The molecule has 0 spiro atoms. The Morgan fingerprint density at radius 2 is 2.32 bits per heavy atom. The second kappa shape index (κ2) is 3.88. The zero-order chi connectivity index (χ0) is 13.6. The Bertz CT molecular complexity index is 651. The van der Waals surface area contributed by atoms with Gasteiger partial charge in [0.2, 0.25) is 5.91 Å². The van der Waals surface area contributed by atoms with E-state index in [0.29, 0.717) is 36.8 Å². The van der Waals surface area contributed by atoms with Crippen LogP contribution in [0.15, 0.2) is 22.6 Å². The van der Waals surface area contributed by atoms with E-state index >= 15 is 0 Å². The summed E-state index contributed by atoms with van der Waals surface area (Å²) in [5.74, 6) is -0.282. The van der Waals surface area contributed by atoms with Gasteiger partial charge in [-0.3, -0.25) is 4.79 Å². The highest BCUT2D eigenvalue weighted by Gasteiger charge is 2.40. The molecule has 1 aliphatic rings. The van der Waals surface area contributed by atoms with E-state index in [1.54, 1.807) is 18.2 Å². The molecule has 0 saturated carbocycles. The van der Waals surface area contributed by atoms with Crippen molar-refractivity contribution in [3.63, 3.8) is 0 Å². The van der Waals surface area contributed by atoms with Crippen LogP contribution in [0.5, 0.6) is 0 Å². The van der Waals surface area contributed by atoms with E-state index in [1.165, 1.54) is 0 Å². The van der Waals surface area contributed by atoms with Crippen LogP contribution in [0.2, 0.25) is 0 Å². The van der Waals surface area contributed by atoms with Crippen LogP contribution in [0.4, 0.5) is 11.7 Å². The zero-order valence-electron chi connectivity index (χ0n) is 10.7. The number of anilines is 2. The van der Waals surface area contributed by atoms with E-state index in [2.05, 4.69) is 4.98 Å². The smallest absolute Gasteiger partial charge is 0.298 e. The van der Waals surface area contributed by atoms with Gasteiger partial charge in [0.15, 0.2) is 5.58 Å². The van der Waals surface area contributed by atoms with Gasteiger partial charge in [0.1, 0.15) is 5.52 Å². The summed E-state index contributed by atoms with van der Waals surface area (Å²) in [6, 6.07) is 5.86. The molecule has 6 heteroatoms. The number of carbonyl (C=O) groups excluding carboxylic acids is 1. The molecular formula is C13H16N4O2. The van der Waals surface area contributed by atoms with Gasteiger partial charge in [0.25, 0.3) is 6.01 Å². The Morgan fingerprint density at radius 1 is 1.53 bits per heavy atom. The van der Waals surface area contributed by atoms with Gasteiger partial charge in [0.05, 0.1) is 5.41 Å². The van der Waals surface area contributed by atoms with Crippen LogP contribution >= 0.6 is 0 Å². The number of nitrogens with two attached hydrogens (primary N) is 2. The monoisotopic (exact) mass is 260 g/mol. The lowest BCUT2D eigenvalue weighted by Crippen LogP contribution is -2.37. The number of benzene rings is 1. The van der Waals surface area contributed by atoms with Gasteiger partial charge in [0, 0.05) is 18.8 Å². The number of oxazole rings is 1. The number of amides is 1. The first-order valence-electron chi connectivity index (χ1n) is 6.19. The molecule has 1 aliphatic heterocycles. The molecular weight excluding hydrogens is 244 g/mol. The Balaban J connectivity index is 1.92. The van der Waals surface area contributed by atoms with Crippen LogP contribution in [0.1, 0.15) is 13.3 Å². The second-order valence-corrected chi connectivity index (χ2v) is 5.32. The predicted octanol–water partition coefficient (Wildman–Crippen LogP) is 1.11. The van der Waals surface area contributed by atoms with Gasteiger partial charge in [-0.25, -0.2) is 0 Å². The molecule has 1 atom stereocenters. The zero-order valence-corrected chi connectivity index (χ0v) is 10.7. The molecule has 2 heterocycles. The summed E-state index contributed by atoms with van der Waals surface area (Å²) in [7, 11) is 0. The van der Waals surface area contributed by atoms with E-state index in [-0.39, 0.29) is 5.91 Å². The van der Waals surface area contributed by atoms with Crippen molar-refractivity contribution < 1.29 is 9.21 Å². The summed E-state index contributed by atoms with van der Waals surface area (Å²) in [6.07, 6.45) is 0.712. The van der Waals surface area contributed by atoms with Crippen molar-refractivity contribution in [2.75, 3.05) is 23.7 Å². The van der Waals surface area contributed by atoms with Crippen molar-refractivity contribution >= 4 is 28.7 Å². The van der Waals surface area contributed by atoms with Crippen molar-refractivity contribution in [3.8, 4) is 0 Å². The summed E-state index contributed by atoms with van der Waals surface area (Å²) in [5, 5.41) is 0. The van der Waals surface area contributed by atoms with Crippen LogP contribution in [-0.4, -0.2) is 24.0 Å². The molecule has 2 aromatic rings. The molecule has 1 unspecified atom stereocenters. The van der Waals surface area contributed by atoms with Gasteiger partial charge in [-0.15, -0.1) is 0 Å². The molecule has 4 N–H and O–H groups in total. The van der Waals surface area contributed by atoms with Gasteiger partial charge in [-0.2, -0.15) is 4.98 Å². The molecule has 1 saturated heterocycles. The molecule has 0 aliphatic carbocycles. The summed E-state index contributed by atoms with van der Waals surface area (Å²) in [4.78, 5) is 17.8. The largest absolute Gasteiger partial charge is 0.423 e. The fourth-order valence-corrected chi connectivity index (χ4v) is 2.39. The molecule has 1 aromatic carbocycles. The molecule has 1 aromatic heterocycles.